The summed E-state index contributed by atoms with van der Waals surface area (Å²) >= 11 is 0. The highest BCUT2D eigenvalue weighted by atomic mass is 16.5. The lowest BCUT2D eigenvalue weighted by molar-refractivity contribution is 0.102. The van der Waals surface area contributed by atoms with E-state index < -0.39 is 0 Å². The van der Waals surface area contributed by atoms with Crippen LogP contribution in [0, 0.1) is 6.92 Å². The molecule has 1 N–H and O–H groups in total. The molecule has 0 saturated heterocycles. The zero-order valence-electron chi connectivity index (χ0n) is 13.4. The Hall–Kier alpha value is -3.14. The molecule has 1 aromatic heterocycles. The SMILES string of the molecule is Cc1cccnc1NC(=O)c1cccc(OCc2ccccc2)c1. The van der Waals surface area contributed by atoms with E-state index in [0.29, 0.717) is 23.7 Å². The molecule has 0 radical (unpaired) electrons. The average molecular weight is 318 g/mol. The summed E-state index contributed by atoms with van der Waals surface area (Å²) in [7, 11) is 0. The third-order valence-electron chi connectivity index (χ3n) is 3.59. The van der Waals surface area contributed by atoms with Crippen LogP contribution in [0.1, 0.15) is 21.5 Å². The first kappa shape index (κ1) is 15.7. The topological polar surface area (TPSA) is 51.2 Å². The van der Waals surface area contributed by atoms with Gasteiger partial charge in [-0.25, -0.2) is 4.98 Å². The Morgan fingerprint density at radius 3 is 2.67 bits per heavy atom. The second-order valence-electron chi connectivity index (χ2n) is 5.43. The van der Waals surface area contributed by atoms with Crippen LogP contribution in [-0.2, 0) is 6.61 Å². The van der Waals surface area contributed by atoms with Gasteiger partial charge in [0.2, 0.25) is 0 Å². The Balaban J connectivity index is 1.68. The molecule has 2 aromatic carbocycles. The molecule has 0 bridgehead atoms. The zero-order chi connectivity index (χ0) is 16.8. The van der Waals surface area contributed by atoms with Crippen molar-refractivity contribution >= 4 is 11.7 Å². The first-order chi connectivity index (χ1) is 11.7. The molecule has 0 atom stereocenters. The van der Waals surface area contributed by atoms with E-state index in [1.54, 1.807) is 24.4 Å². The van der Waals surface area contributed by atoms with Gasteiger partial charge >= 0.3 is 0 Å². The van der Waals surface area contributed by atoms with Crippen LogP contribution in [0.2, 0.25) is 0 Å². The average Bonchev–Trinajstić information content (AvgIpc) is 2.63. The second-order valence-corrected chi connectivity index (χ2v) is 5.43. The Kier molecular flexibility index (Phi) is 4.87. The molecule has 0 spiro atoms. The summed E-state index contributed by atoms with van der Waals surface area (Å²) in [5.41, 5.74) is 2.53. The molecule has 0 aliphatic carbocycles. The summed E-state index contributed by atoms with van der Waals surface area (Å²) in [6.07, 6.45) is 1.65. The number of nitrogens with zero attached hydrogens (tertiary/aromatic N) is 1. The molecule has 0 aliphatic rings. The van der Waals surface area contributed by atoms with Gasteiger partial charge in [0.15, 0.2) is 0 Å². The predicted octanol–water partition coefficient (Wildman–Crippen LogP) is 4.22. The zero-order valence-corrected chi connectivity index (χ0v) is 13.4. The van der Waals surface area contributed by atoms with E-state index in [1.165, 1.54) is 0 Å². The van der Waals surface area contributed by atoms with Gasteiger partial charge in [-0.05, 0) is 42.3 Å². The molecule has 1 heterocycles. The number of hydrogen-bond acceptors (Lipinski definition) is 3. The van der Waals surface area contributed by atoms with Crippen molar-refractivity contribution in [2.45, 2.75) is 13.5 Å². The van der Waals surface area contributed by atoms with Crippen LogP contribution in [0.4, 0.5) is 5.82 Å². The summed E-state index contributed by atoms with van der Waals surface area (Å²) in [5.74, 6) is 1.02. The second kappa shape index (κ2) is 7.42. The number of aryl methyl sites for hydroxylation is 1. The van der Waals surface area contributed by atoms with E-state index in [0.717, 1.165) is 11.1 Å². The highest BCUT2D eigenvalue weighted by Gasteiger charge is 2.09. The fourth-order valence-electron chi connectivity index (χ4n) is 2.26. The number of anilines is 1. The molecule has 4 nitrogen and oxygen atoms in total. The fraction of sp³-hybridized carbons (Fsp3) is 0.100. The van der Waals surface area contributed by atoms with Crippen molar-refractivity contribution in [2.24, 2.45) is 0 Å². The van der Waals surface area contributed by atoms with Crippen molar-refractivity contribution < 1.29 is 9.53 Å². The maximum absolute atomic E-state index is 12.4. The Morgan fingerprint density at radius 2 is 1.88 bits per heavy atom. The van der Waals surface area contributed by atoms with Crippen LogP contribution < -0.4 is 10.1 Å². The lowest BCUT2D eigenvalue weighted by atomic mass is 10.2. The van der Waals surface area contributed by atoms with Gasteiger partial charge in [-0.1, -0.05) is 42.5 Å². The van der Waals surface area contributed by atoms with Gasteiger partial charge in [-0.15, -0.1) is 0 Å². The number of carbonyl (C=O) groups is 1. The van der Waals surface area contributed by atoms with Crippen LogP contribution in [0.15, 0.2) is 72.9 Å². The lowest BCUT2D eigenvalue weighted by Gasteiger charge is -2.09. The molecule has 120 valence electrons. The Morgan fingerprint density at radius 1 is 1.04 bits per heavy atom. The quantitative estimate of drug-likeness (QED) is 0.766. The molecule has 4 heteroatoms. The van der Waals surface area contributed by atoms with Gasteiger partial charge in [-0.3, -0.25) is 4.79 Å². The van der Waals surface area contributed by atoms with Crippen LogP contribution in [-0.4, -0.2) is 10.9 Å². The standard InChI is InChI=1S/C20H18N2O2/c1-15-7-6-12-21-19(15)22-20(23)17-10-5-11-18(13-17)24-14-16-8-3-2-4-9-16/h2-13H,14H2,1H3,(H,21,22,23). The number of nitrogens with one attached hydrogen (secondary N) is 1. The largest absolute Gasteiger partial charge is 0.489 e. The minimum atomic E-state index is -0.207. The van der Waals surface area contributed by atoms with E-state index in [1.807, 2.05) is 55.5 Å². The molecule has 0 saturated carbocycles. The van der Waals surface area contributed by atoms with Gasteiger partial charge in [0.05, 0.1) is 0 Å². The number of ether oxygens (including phenoxy) is 1. The van der Waals surface area contributed by atoms with E-state index in [2.05, 4.69) is 10.3 Å². The number of benzene rings is 2. The van der Waals surface area contributed by atoms with Crippen molar-refractivity contribution in [2.75, 3.05) is 5.32 Å². The number of pyridine rings is 1. The molecular formula is C20H18N2O2. The van der Waals surface area contributed by atoms with E-state index in [-0.39, 0.29) is 5.91 Å². The number of aromatic nitrogens is 1. The number of rotatable bonds is 5. The predicted molar refractivity (Wildman–Crippen MR) is 94.1 cm³/mol. The summed E-state index contributed by atoms with van der Waals surface area (Å²) < 4.78 is 5.76. The minimum absolute atomic E-state index is 0.207. The van der Waals surface area contributed by atoms with Crippen LogP contribution >= 0.6 is 0 Å². The summed E-state index contributed by atoms with van der Waals surface area (Å²) in [5, 5.41) is 2.82. The number of hydrogen-bond donors (Lipinski definition) is 1. The first-order valence-corrected chi connectivity index (χ1v) is 7.72. The molecule has 0 aliphatic heterocycles. The highest BCUT2D eigenvalue weighted by molar-refractivity contribution is 6.04. The number of amides is 1. The third kappa shape index (κ3) is 3.98. The molecular weight excluding hydrogens is 300 g/mol. The molecule has 3 rings (SSSR count). The normalized spacial score (nSPS) is 10.2. The van der Waals surface area contributed by atoms with E-state index >= 15 is 0 Å². The summed E-state index contributed by atoms with van der Waals surface area (Å²) in [6, 6.07) is 20.8. The number of carbonyl (C=O) groups excluding carboxylic acids is 1. The summed E-state index contributed by atoms with van der Waals surface area (Å²) in [4.78, 5) is 16.6. The van der Waals surface area contributed by atoms with Gasteiger partial charge < -0.3 is 10.1 Å². The third-order valence-corrected chi connectivity index (χ3v) is 3.59. The van der Waals surface area contributed by atoms with Crippen molar-refractivity contribution in [3.8, 4) is 5.75 Å². The maximum atomic E-state index is 12.4. The van der Waals surface area contributed by atoms with Gasteiger partial charge in [-0.2, -0.15) is 0 Å². The van der Waals surface area contributed by atoms with Crippen LogP contribution in [0.3, 0.4) is 0 Å². The molecule has 24 heavy (non-hydrogen) atoms. The Labute approximate surface area is 141 Å². The van der Waals surface area contributed by atoms with Crippen molar-refractivity contribution in [1.29, 1.82) is 0 Å². The van der Waals surface area contributed by atoms with Crippen molar-refractivity contribution in [3.05, 3.63) is 89.6 Å². The minimum Gasteiger partial charge on any atom is -0.489 e. The maximum Gasteiger partial charge on any atom is 0.256 e. The fourth-order valence-corrected chi connectivity index (χ4v) is 2.26. The first-order valence-electron chi connectivity index (χ1n) is 7.72. The molecule has 0 unspecified atom stereocenters. The van der Waals surface area contributed by atoms with Crippen LogP contribution in [0.5, 0.6) is 5.75 Å². The van der Waals surface area contributed by atoms with Gasteiger partial charge in [0.1, 0.15) is 18.2 Å². The smallest absolute Gasteiger partial charge is 0.256 e. The monoisotopic (exact) mass is 318 g/mol. The molecule has 1 amide bonds. The molecule has 0 fully saturated rings. The van der Waals surface area contributed by atoms with E-state index in [9.17, 15) is 4.79 Å². The van der Waals surface area contributed by atoms with Crippen LogP contribution in [0.25, 0.3) is 0 Å². The van der Waals surface area contributed by atoms with E-state index in [4.69, 9.17) is 4.74 Å². The molecule has 3 aromatic rings. The summed E-state index contributed by atoms with van der Waals surface area (Å²) in [6.45, 7) is 2.37. The lowest BCUT2D eigenvalue weighted by Crippen LogP contribution is -2.13. The van der Waals surface area contributed by atoms with Gasteiger partial charge in [0, 0.05) is 11.8 Å². The van der Waals surface area contributed by atoms with Crippen molar-refractivity contribution in [3.63, 3.8) is 0 Å². The Bertz CT molecular complexity index is 832. The highest BCUT2D eigenvalue weighted by Crippen LogP contribution is 2.17. The van der Waals surface area contributed by atoms with Crippen molar-refractivity contribution in [1.82, 2.24) is 4.98 Å². The van der Waals surface area contributed by atoms with Gasteiger partial charge in [0.25, 0.3) is 5.91 Å².